The number of carbonyl (C=O) groups excluding carboxylic acids is 1. The van der Waals surface area contributed by atoms with Gasteiger partial charge in [0.15, 0.2) is 5.75 Å². The van der Waals surface area contributed by atoms with E-state index in [4.69, 9.17) is 0 Å². The predicted molar refractivity (Wildman–Crippen MR) is 66.7 cm³/mol. The Morgan fingerprint density at radius 2 is 1.80 bits per heavy atom. The Bertz CT molecular complexity index is 336. The summed E-state index contributed by atoms with van der Waals surface area (Å²) in [6.45, 7) is 2.05. The van der Waals surface area contributed by atoms with E-state index in [0.717, 1.165) is 11.3 Å². The molecule has 1 fully saturated rings. The first-order chi connectivity index (χ1) is 7.25. The summed E-state index contributed by atoms with van der Waals surface area (Å²) < 4.78 is 0. The minimum atomic E-state index is 0.334. The highest BCUT2D eigenvalue weighted by Crippen LogP contribution is 2.15. The Balaban J connectivity index is 1.98. The summed E-state index contributed by atoms with van der Waals surface area (Å²) in [6, 6.07) is 7.95. The summed E-state index contributed by atoms with van der Waals surface area (Å²) in [7, 11) is 0.387. The van der Waals surface area contributed by atoms with Crippen molar-refractivity contribution in [3.63, 3.8) is 0 Å². The number of hydrogen-bond donors (Lipinski definition) is 0. The molecule has 15 heavy (non-hydrogen) atoms. The lowest BCUT2D eigenvalue weighted by Gasteiger charge is -2.01. The molecule has 1 aliphatic rings. The molecule has 1 saturated heterocycles. The molecule has 2 heteroatoms. The Morgan fingerprint density at radius 3 is 2.40 bits per heavy atom. The van der Waals surface area contributed by atoms with Gasteiger partial charge in [-0.05, 0) is 30.7 Å². The van der Waals surface area contributed by atoms with Crippen LogP contribution in [0.2, 0.25) is 0 Å². The summed E-state index contributed by atoms with van der Waals surface area (Å²) in [4.78, 5) is 11.9. The van der Waals surface area contributed by atoms with Gasteiger partial charge in [0.05, 0.1) is 0 Å². The van der Waals surface area contributed by atoms with E-state index in [1.54, 1.807) is 0 Å². The van der Waals surface area contributed by atoms with Gasteiger partial charge in [0.1, 0.15) is 11.5 Å². The van der Waals surface area contributed by atoms with Crippen LogP contribution >= 0.6 is 0 Å². The maximum Gasteiger partial charge on any atom is 0.211 e. The van der Waals surface area contributed by atoms with Crippen LogP contribution in [0.4, 0.5) is 0 Å². The molecule has 1 aromatic carbocycles. The fourth-order valence-corrected chi connectivity index (χ4v) is 4.12. The smallest absolute Gasteiger partial charge is 0.211 e. The van der Waals surface area contributed by atoms with Crippen LogP contribution in [0.5, 0.6) is 0 Å². The number of aryl methyl sites for hydroxylation is 1. The molecule has 0 N–H and O–H groups in total. The van der Waals surface area contributed by atoms with Crippen LogP contribution in [0.1, 0.15) is 28.8 Å². The second-order valence-electron chi connectivity index (χ2n) is 4.16. The zero-order chi connectivity index (χ0) is 10.7. The molecule has 0 saturated carbocycles. The Labute approximate surface area is 94.2 Å². The van der Waals surface area contributed by atoms with Crippen molar-refractivity contribution in [1.29, 1.82) is 0 Å². The fraction of sp³-hybridized carbons (Fsp3) is 0.462. The van der Waals surface area contributed by atoms with E-state index in [-0.39, 0.29) is 0 Å². The third-order valence-corrected chi connectivity index (χ3v) is 5.23. The molecule has 2 rings (SSSR count). The molecule has 80 valence electrons. The van der Waals surface area contributed by atoms with Gasteiger partial charge >= 0.3 is 0 Å². The van der Waals surface area contributed by atoms with Crippen LogP contribution in [-0.4, -0.2) is 23.0 Å². The van der Waals surface area contributed by atoms with Crippen molar-refractivity contribution in [2.45, 2.75) is 19.8 Å². The van der Waals surface area contributed by atoms with Crippen molar-refractivity contribution >= 4 is 16.7 Å². The molecular weight excluding hydrogens is 204 g/mol. The van der Waals surface area contributed by atoms with E-state index in [0.29, 0.717) is 16.7 Å². The van der Waals surface area contributed by atoms with E-state index < -0.39 is 0 Å². The highest BCUT2D eigenvalue weighted by atomic mass is 32.2. The minimum absolute atomic E-state index is 0.334. The highest BCUT2D eigenvalue weighted by molar-refractivity contribution is 7.97. The van der Waals surface area contributed by atoms with Crippen LogP contribution in [0.25, 0.3) is 0 Å². The fourth-order valence-electron chi connectivity index (χ4n) is 1.87. The monoisotopic (exact) mass is 221 g/mol. The van der Waals surface area contributed by atoms with Gasteiger partial charge in [0.25, 0.3) is 0 Å². The molecule has 0 spiro atoms. The summed E-state index contributed by atoms with van der Waals surface area (Å²) in [5.41, 5.74) is 2.11. The van der Waals surface area contributed by atoms with Gasteiger partial charge < -0.3 is 0 Å². The molecule has 1 aliphatic heterocycles. The summed E-state index contributed by atoms with van der Waals surface area (Å²) in [6.07, 6.45) is 2.65. The third-order valence-electron chi connectivity index (χ3n) is 2.82. The zero-order valence-corrected chi connectivity index (χ0v) is 9.98. The largest absolute Gasteiger partial charge is 0.289 e. The first-order valence-corrected chi connectivity index (χ1v) is 7.23. The molecule has 0 atom stereocenters. The second-order valence-corrected chi connectivity index (χ2v) is 6.49. The Kier molecular flexibility index (Phi) is 3.47. The van der Waals surface area contributed by atoms with Gasteiger partial charge in [-0.25, -0.2) is 0 Å². The normalized spacial score (nSPS) is 16.9. The molecule has 0 unspecified atom stereocenters. The maximum absolute atomic E-state index is 11.9. The molecule has 1 heterocycles. The molecule has 0 amide bonds. The lowest BCUT2D eigenvalue weighted by atomic mass is 10.1. The second kappa shape index (κ2) is 4.84. The Hall–Kier alpha value is -0.760. The molecule has 1 nitrogen and oxygen atoms in total. The van der Waals surface area contributed by atoms with Crippen molar-refractivity contribution in [3.05, 3.63) is 35.4 Å². The Morgan fingerprint density at radius 1 is 1.20 bits per heavy atom. The number of carbonyl (C=O) groups is 1. The number of benzene rings is 1. The van der Waals surface area contributed by atoms with E-state index in [9.17, 15) is 4.79 Å². The average Bonchev–Trinajstić information content (AvgIpc) is 2.71. The standard InChI is InChI=1S/C13H17OS/c1-11-4-6-12(7-5-11)13(14)10-15-8-2-3-9-15/h4-7H,2-3,8-10H2,1H3/q+1. The number of rotatable bonds is 3. The van der Waals surface area contributed by atoms with Gasteiger partial charge in [-0.15, -0.1) is 0 Å². The molecule has 0 aliphatic carbocycles. The van der Waals surface area contributed by atoms with E-state index in [2.05, 4.69) is 0 Å². The molecule has 0 bridgehead atoms. The summed E-state index contributed by atoms with van der Waals surface area (Å²) in [5.74, 6) is 3.67. The van der Waals surface area contributed by atoms with E-state index >= 15 is 0 Å². The first-order valence-electron chi connectivity index (χ1n) is 5.50. The number of hydrogen-bond acceptors (Lipinski definition) is 1. The zero-order valence-electron chi connectivity index (χ0n) is 9.16. The first kappa shape index (κ1) is 10.7. The van der Waals surface area contributed by atoms with Crippen molar-refractivity contribution in [3.8, 4) is 0 Å². The lowest BCUT2D eigenvalue weighted by molar-refractivity contribution is 0.102. The quantitative estimate of drug-likeness (QED) is 0.566. The van der Waals surface area contributed by atoms with Crippen molar-refractivity contribution < 1.29 is 4.79 Å². The van der Waals surface area contributed by atoms with Crippen LogP contribution in [0.15, 0.2) is 24.3 Å². The molecule has 0 aromatic heterocycles. The van der Waals surface area contributed by atoms with E-state index in [1.165, 1.54) is 29.9 Å². The summed E-state index contributed by atoms with van der Waals surface area (Å²) >= 11 is 0. The molecule has 1 aromatic rings. The van der Waals surface area contributed by atoms with Crippen LogP contribution < -0.4 is 0 Å². The van der Waals surface area contributed by atoms with Gasteiger partial charge in [0.2, 0.25) is 5.78 Å². The van der Waals surface area contributed by atoms with Crippen LogP contribution in [0.3, 0.4) is 0 Å². The van der Waals surface area contributed by atoms with Gasteiger partial charge in [-0.3, -0.25) is 4.79 Å². The lowest BCUT2D eigenvalue weighted by Crippen LogP contribution is -2.17. The van der Waals surface area contributed by atoms with E-state index in [1.807, 2.05) is 31.2 Å². The third kappa shape index (κ3) is 2.85. The molecular formula is C13H17OS+. The predicted octanol–water partition coefficient (Wildman–Crippen LogP) is 2.59. The van der Waals surface area contributed by atoms with Crippen molar-refractivity contribution in [1.82, 2.24) is 0 Å². The summed E-state index contributed by atoms with van der Waals surface area (Å²) in [5, 5.41) is 0. The minimum Gasteiger partial charge on any atom is -0.289 e. The van der Waals surface area contributed by atoms with Crippen molar-refractivity contribution in [2.75, 3.05) is 17.3 Å². The van der Waals surface area contributed by atoms with Crippen LogP contribution in [-0.2, 0) is 10.9 Å². The topological polar surface area (TPSA) is 17.1 Å². The van der Waals surface area contributed by atoms with Crippen LogP contribution in [0, 0.1) is 6.92 Å². The highest BCUT2D eigenvalue weighted by Gasteiger charge is 2.27. The number of Topliss-reactive ketones (excluding diaryl/α,β-unsaturated/α-hetero) is 1. The van der Waals surface area contributed by atoms with Crippen molar-refractivity contribution in [2.24, 2.45) is 0 Å². The average molecular weight is 221 g/mol. The number of ketones is 1. The SMILES string of the molecule is Cc1ccc(C(=O)C[S+]2CCCC2)cc1. The maximum atomic E-state index is 11.9. The van der Waals surface area contributed by atoms with Gasteiger partial charge in [0, 0.05) is 5.56 Å². The van der Waals surface area contributed by atoms with Gasteiger partial charge in [-0.1, -0.05) is 29.8 Å². The molecule has 0 radical (unpaired) electrons. The van der Waals surface area contributed by atoms with Gasteiger partial charge in [-0.2, -0.15) is 0 Å².